The van der Waals surface area contributed by atoms with E-state index in [-0.39, 0.29) is 6.10 Å². The average molecular weight is 232 g/mol. The van der Waals surface area contributed by atoms with Gasteiger partial charge in [0.25, 0.3) is 0 Å². The molecular formula is C16H24O. The molecule has 0 aliphatic rings. The van der Waals surface area contributed by atoms with Crippen molar-refractivity contribution in [3.8, 4) is 0 Å². The van der Waals surface area contributed by atoms with E-state index in [4.69, 9.17) is 0 Å². The molecule has 1 aromatic rings. The number of unbranched alkanes of at least 4 members (excludes halogenated alkanes) is 4. The van der Waals surface area contributed by atoms with Gasteiger partial charge in [-0.1, -0.05) is 81.5 Å². The molecule has 0 amide bonds. The Kier molecular flexibility index (Phi) is 7.40. The van der Waals surface area contributed by atoms with Crippen LogP contribution in [0.5, 0.6) is 0 Å². The summed E-state index contributed by atoms with van der Waals surface area (Å²) in [5.74, 6) is 0. The van der Waals surface area contributed by atoms with Crippen LogP contribution in [-0.4, -0.2) is 11.2 Å². The van der Waals surface area contributed by atoms with E-state index >= 15 is 0 Å². The molecule has 0 bridgehead atoms. The van der Waals surface area contributed by atoms with E-state index in [1.807, 2.05) is 42.5 Å². The molecule has 1 heteroatoms. The predicted molar refractivity (Wildman–Crippen MR) is 74.9 cm³/mol. The maximum atomic E-state index is 9.78. The lowest BCUT2D eigenvalue weighted by molar-refractivity contribution is 0.209. The summed E-state index contributed by atoms with van der Waals surface area (Å²) in [6.07, 6.45) is 10.7. The number of aliphatic hydroxyl groups is 1. The largest absolute Gasteiger partial charge is 0.389 e. The zero-order valence-electron chi connectivity index (χ0n) is 10.8. The van der Waals surface area contributed by atoms with Crippen LogP contribution in [0.25, 0.3) is 6.08 Å². The fraction of sp³-hybridized carbons (Fsp3) is 0.500. The quantitative estimate of drug-likeness (QED) is 0.658. The molecule has 94 valence electrons. The Labute approximate surface area is 105 Å². The van der Waals surface area contributed by atoms with Gasteiger partial charge in [-0.3, -0.25) is 0 Å². The molecule has 0 radical (unpaired) electrons. The number of hydrogen-bond donors (Lipinski definition) is 1. The zero-order chi connectivity index (χ0) is 12.3. The lowest BCUT2D eigenvalue weighted by atomic mass is 10.1. The van der Waals surface area contributed by atoms with Gasteiger partial charge in [-0.25, -0.2) is 0 Å². The second-order valence-corrected chi connectivity index (χ2v) is 4.54. The van der Waals surface area contributed by atoms with Crippen LogP contribution >= 0.6 is 0 Å². The molecule has 1 aromatic carbocycles. The Morgan fingerprint density at radius 3 is 2.47 bits per heavy atom. The van der Waals surface area contributed by atoms with Crippen molar-refractivity contribution < 1.29 is 5.11 Å². The number of hydrogen-bond acceptors (Lipinski definition) is 1. The van der Waals surface area contributed by atoms with Gasteiger partial charge in [-0.15, -0.1) is 0 Å². The van der Waals surface area contributed by atoms with Gasteiger partial charge in [0.1, 0.15) is 0 Å². The zero-order valence-corrected chi connectivity index (χ0v) is 10.8. The molecule has 1 atom stereocenters. The van der Waals surface area contributed by atoms with Crippen molar-refractivity contribution in [2.75, 3.05) is 0 Å². The maximum Gasteiger partial charge on any atom is 0.0724 e. The predicted octanol–water partition coefficient (Wildman–Crippen LogP) is 4.42. The first kappa shape index (κ1) is 14.0. The maximum absolute atomic E-state index is 9.78. The van der Waals surface area contributed by atoms with Crippen LogP contribution in [0, 0.1) is 0 Å². The van der Waals surface area contributed by atoms with Crippen molar-refractivity contribution >= 4 is 6.08 Å². The number of rotatable bonds is 8. The molecule has 17 heavy (non-hydrogen) atoms. The van der Waals surface area contributed by atoms with Gasteiger partial charge >= 0.3 is 0 Å². The summed E-state index contributed by atoms with van der Waals surface area (Å²) < 4.78 is 0. The first-order valence-electron chi connectivity index (χ1n) is 6.74. The third kappa shape index (κ3) is 6.96. The molecule has 0 spiro atoms. The van der Waals surface area contributed by atoms with Crippen LogP contribution in [0.2, 0.25) is 0 Å². The smallest absolute Gasteiger partial charge is 0.0724 e. The van der Waals surface area contributed by atoms with Crippen molar-refractivity contribution in [3.05, 3.63) is 42.0 Å². The molecule has 0 saturated heterocycles. The lowest BCUT2D eigenvalue weighted by Crippen LogP contribution is -2.01. The third-order valence-corrected chi connectivity index (χ3v) is 2.91. The molecule has 0 aromatic heterocycles. The Morgan fingerprint density at radius 1 is 1.06 bits per heavy atom. The van der Waals surface area contributed by atoms with Crippen molar-refractivity contribution in [3.63, 3.8) is 0 Å². The van der Waals surface area contributed by atoms with Crippen molar-refractivity contribution in [2.24, 2.45) is 0 Å². The summed E-state index contributed by atoms with van der Waals surface area (Å²) in [5.41, 5.74) is 1.15. The highest BCUT2D eigenvalue weighted by Gasteiger charge is 1.98. The van der Waals surface area contributed by atoms with E-state index in [0.29, 0.717) is 0 Å². The van der Waals surface area contributed by atoms with Crippen LogP contribution in [0.1, 0.15) is 51.0 Å². The average Bonchev–Trinajstić information content (AvgIpc) is 2.37. The molecule has 1 unspecified atom stereocenters. The molecule has 1 N–H and O–H groups in total. The van der Waals surface area contributed by atoms with Crippen LogP contribution in [0.3, 0.4) is 0 Å². The highest BCUT2D eigenvalue weighted by atomic mass is 16.3. The highest BCUT2D eigenvalue weighted by Crippen LogP contribution is 2.09. The fourth-order valence-corrected chi connectivity index (χ4v) is 1.84. The van der Waals surface area contributed by atoms with Gasteiger partial charge in [0.15, 0.2) is 0 Å². The minimum Gasteiger partial charge on any atom is -0.389 e. The van der Waals surface area contributed by atoms with Gasteiger partial charge < -0.3 is 5.11 Å². The standard InChI is InChI=1S/C16H24O/c1-2-3-4-5-9-12-16(17)14-13-15-10-7-6-8-11-15/h6-8,10-11,13-14,16-17H,2-5,9,12H2,1H3. The molecule has 0 aliphatic carbocycles. The lowest BCUT2D eigenvalue weighted by Gasteiger charge is -2.05. The second-order valence-electron chi connectivity index (χ2n) is 4.54. The second kappa shape index (κ2) is 9.00. The summed E-state index contributed by atoms with van der Waals surface area (Å²) in [6.45, 7) is 2.22. The number of aliphatic hydroxyl groups excluding tert-OH is 1. The van der Waals surface area contributed by atoms with E-state index in [1.54, 1.807) is 0 Å². The van der Waals surface area contributed by atoms with E-state index in [0.717, 1.165) is 18.4 Å². The van der Waals surface area contributed by atoms with Crippen LogP contribution in [0.15, 0.2) is 36.4 Å². The Bertz CT molecular complexity index is 303. The normalized spacial score (nSPS) is 13.1. The number of benzene rings is 1. The monoisotopic (exact) mass is 232 g/mol. The molecule has 0 fully saturated rings. The summed E-state index contributed by atoms with van der Waals surface area (Å²) in [5, 5.41) is 9.78. The van der Waals surface area contributed by atoms with E-state index in [1.165, 1.54) is 25.7 Å². The van der Waals surface area contributed by atoms with E-state index in [2.05, 4.69) is 6.92 Å². The van der Waals surface area contributed by atoms with Crippen molar-refractivity contribution in [1.82, 2.24) is 0 Å². The third-order valence-electron chi connectivity index (χ3n) is 2.91. The van der Waals surface area contributed by atoms with Gasteiger partial charge in [-0.2, -0.15) is 0 Å². The van der Waals surface area contributed by atoms with Crippen LogP contribution in [-0.2, 0) is 0 Å². The molecule has 1 rings (SSSR count). The van der Waals surface area contributed by atoms with Crippen molar-refractivity contribution in [2.45, 2.75) is 51.6 Å². The molecule has 0 aliphatic heterocycles. The Morgan fingerprint density at radius 2 is 1.76 bits per heavy atom. The molecule has 1 nitrogen and oxygen atoms in total. The summed E-state index contributed by atoms with van der Waals surface area (Å²) in [4.78, 5) is 0. The molecule has 0 heterocycles. The summed E-state index contributed by atoms with van der Waals surface area (Å²) in [6, 6.07) is 10.1. The molecule has 0 saturated carbocycles. The minimum absolute atomic E-state index is 0.295. The fourth-order valence-electron chi connectivity index (χ4n) is 1.84. The minimum atomic E-state index is -0.295. The Hall–Kier alpha value is -1.08. The van der Waals surface area contributed by atoms with E-state index in [9.17, 15) is 5.11 Å². The SMILES string of the molecule is CCCCCCCC(O)C=Cc1ccccc1. The van der Waals surface area contributed by atoms with Crippen LogP contribution in [0.4, 0.5) is 0 Å². The highest BCUT2D eigenvalue weighted by molar-refractivity contribution is 5.49. The summed E-state index contributed by atoms with van der Waals surface area (Å²) >= 11 is 0. The van der Waals surface area contributed by atoms with Crippen LogP contribution < -0.4 is 0 Å². The van der Waals surface area contributed by atoms with Gasteiger partial charge in [0, 0.05) is 0 Å². The topological polar surface area (TPSA) is 20.2 Å². The first-order valence-corrected chi connectivity index (χ1v) is 6.74. The first-order chi connectivity index (χ1) is 8.33. The van der Waals surface area contributed by atoms with Gasteiger partial charge in [0.2, 0.25) is 0 Å². The summed E-state index contributed by atoms with van der Waals surface area (Å²) in [7, 11) is 0. The van der Waals surface area contributed by atoms with E-state index < -0.39 is 0 Å². The Balaban J connectivity index is 2.16. The molecular weight excluding hydrogens is 208 g/mol. The van der Waals surface area contributed by atoms with Gasteiger partial charge in [-0.05, 0) is 12.0 Å². The van der Waals surface area contributed by atoms with Gasteiger partial charge in [0.05, 0.1) is 6.10 Å². The van der Waals surface area contributed by atoms with Crippen molar-refractivity contribution in [1.29, 1.82) is 0 Å².